The fourth-order valence-corrected chi connectivity index (χ4v) is 3.96. The highest BCUT2D eigenvalue weighted by Gasteiger charge is 2.28. The monoisotopic (exact) mass is 450 g/mol. The first-order valence-electron chi connectivity index (χ1n) is 9.56. The summed E-state index contributed by atoms with van der Waals surface area (Å²) < 4.78 is 16.1. The molecule has 0 spiro atoms. The second-order valence-corrected chi connectivity index (χ2v) is 7.87. The average molecular weight is 451 g/mol. The maximum Gasteiger partial charge on any atom is 0.260 e. The lowest BCUT2D eigenvalue weighted by Crippen LogP contribution is -2.43. The van der Waals surface area contributed by atoms with Gasteiger partial charge in [0, 0.05) is 30.8 Å². The van der Waals surface area contributed by atoms with Crippen LogP contribution in [-0.2, 0) is 9.59 Å². The maximum absolute atomic E-state index is 12.6. The molecular weight excluding hydrogens is 431 g/mol. The van der Waals surface area contributed by atoms with Crippen molar-refractivity contribution < 1.29 is 23.8 Å². The molecule has 2 aliphatic rings. The van der Waals surface area contributed by atoms with Crippen molar-refractivity contribution in [3.8, 4) is 17.2 Å². The molecule has 158 valence electrons. The summed E-state index contributed by atoms with van der Waals surface area (Å²) in [6.07, 6.45) is 1.16. The molecule has 0 bridgehead atoms. The second kappa shape index (κ2) is 9.02. The minimum absolute atomic E-state index is 0.0694. The second-order valence-electron chi connectivity index (χ2n) is 7.05. The Bertz CT molecular complexity index is 940. The van der Waals surface area contributed by atoms with Crippen molar-refractivity contribution in [1.82, 2.24) is 4.90 Å². The molecule has 2 amide bonds. The number of likely N-dealkylation sites (tertiary alicyclic amines) is 1. The van der Waals surface area contributed by atoms with E-state index in [0.717, 1.165) is 0 Å². The summed E-state index contributed by atoms with van der Waals surface area (Å²) in [7, 11) is 0. The smallest absolute Gasteiger partial charge is 0.260 e. The quantitative estimate of drug-likeness (QED) is 0.745. The van der Waals surface area contributed by atoms with Crippen LogP contribution in [0.1, 0.15) is 12.8 Å². The lowest BCUT2D eigenvalue weighted by Gasteiger charge is -2.31. The third-order valence-corrected chi connectivity index (χ3v) is 5.71. The van der Waals surface area contributed by atoms with Crippen LogP contribution >= 0.6 is 23.2 Å². The molecule has 1 saturated heterocycles. The van der Waals surface area contributed by atoms with Gasteiger partial charge in [-0.15, -0.1) is 0 Å². The van der Waals surface area contributed by atoms with Gasteiger partial charge < -0.3 is 24.4 Å². The Morgan fingerprint density at radius 1 is 1.07 bits per heavy atom. The summed E-state index contributed by atoms with van der Waals surface area (Å²) in [4.78, 5) is 26.7. The molecule has 1 N–H and O–H groups in total. The molecule has 2 aromatic rings. The van der Waals surface area contributed by atoms with E-state index >= 15 is 0 Å². The molecule has 0 unspecified atom stereocenters. The third kappa shape index (κ3) is 4.57. The molecular formula is C21H20Cl2N2O5. The van der Waals surface area contributed by atoms with Gasteiger partial charge in [0.2, 0.25) is 12.7 Å². The number of piperidine rings is 1. The van der Waals surface area contributed by atoms with Crippen LogP contribution in [0.5, 0.6) is 17.2 Å². The number of rotatable bonds is 5. The molecule has 0 aliphatic carbocycles. The molecule has 0 aromatic heterocycles. The average Bonchev–Trinajstić information content (AvgIpc) is 3.21. The number of fused-ring (bicyclic) bond motifs is 1. The van der Waals surface area contributed by atoms with Gasteiger partial charge in [0.15, 0.2) is 23.9 Å². The number of halogens is 2. The van der Waals surface area contributed by atoms with Crippen LogP contribution in [0.3, 0.4) is 0 Å². The Morgan fingerprint density at radius 3 is 2.50 bits per heavy atom. The molecule has 2 aliphatic heterocycles. The minimum Gasteiger partial charge on any atom is -0.481 e. The molecule has 1 fully saturated rings. The number of hydrogen-bond acceptors (Lipinski definition) is 5. The Hall–Kier alpha value is -2.64. The number of anilines is 1. The van der Waals surface area contributed by atoms with Gasteiger partial charge in [0.05, 0.1) is 10.0 Å². The van der Waals surface area contributed by atoms with Crippen LogP contribution in [0.15, 0.2) is 36.4 Å². The van der Waals surface area contributed by atoms with E-state index in [1.165, 1.54) is 0 Å². The van der Waals surface area contributed by atoms with E-state index < -0.39 is 0 Å². The highest BCUT2D eigenvalue weighted by Crippen LogP contribution is 2.35. The summed E-state index contributed by atoms with van der Waals surface area (Å²) in [5.74, 6) is 1.18. The molecule has 7 nitrogen and oxygen atoms in total. The number of ether oxygens (including phenoxy) is 3. The zero-order valence-electron chi connectivity index (χ0n) is 16.0. The Balaban J connectivity index is 1.26. The number of nitrogens with one attached hydrogen (secondary N) is 1. The highest BCUT2D eigenvalue weighted by atomic mass is 35.5. The summed E-state index contributed by atoms with van der Waals surface area (Å²) >= 11 is 12.1. The molecule has 4 rings (SSSR count). The number of nitrogens with zero attached hydrogens (tertiary/aromatic N) is 1. The first kappa shape index (κ1) is 20.6. The zero-order valence-corrected chi connectivity index (χ0v) is 17.5. The van der Waals surface area contributed by atoms with Crippen LogP contribution in [0.4, 0.5) is 5.69 Å². The van der Waals surface area contributed by atoms with Gasteiger partial charge in [-0.2, -0.15) is 0 Å². The van der Waals surface area contributed by atoms with Crippen molar-refractivity contribution in [1.29, 1.82) is 0 Å². The van der Waals surface area contributed by atoms with Crippen molar-refractivity contribution in [2.24, 2.45) is 5.92 Å². The number of para-hydroxylation sites is 1. The van der Waals surface area contributed by atoms with Gasteiger partial charge in [-0.25, -0.2) is 0 Å². The van der Waals surface area contributed by atoms with Crippen LogP contribution in [0.25, 0.3) is 0 Å². The van der Waals surface area contributed by atoms with Crippen molar-refractivity contribution in [2.45, 2.75) is 12.8 Å². The number of carbonyl (C=O) groups excluding carboxylic acids is 2. The van der Waals surface area contributed by atoms with Crippen LogP contribution in [0, 0.1) is 5.92 Å². The SMILES string of the molecule is O=C(Nc1ccc2c(c1)OCO2)C1CCN(C(=O)COc2c(Cl)cccc2Cl)CC1. The van der Waals surface area contributed by atoms with E-state index in [0.29, 0.717) is 58.9 Å². The van der Waals surface area contributed by atoms with Crippen LogP contribution < -0.4 is 19.5 Å². The molecule has 0 atom stereocenters. The normalized spacial score (nSPS) is 15.7. The van der Waals surface area contributed by atoms with Crippen LogP contribution in [-0.4, -0.2) is 43.2 Å². The zero-order chi connectivity index (χ0) is 21.1. The molecule has 0 saturated carbocycles. The van der Waals surface area contributed by atoms with Gasteiger partial charge in [-0.1, -0.05) is 29.3 Å². The predicted octanol–water partition coefficient (Wildman–Crippen LogP) is 3.98. The standard InChI is InChI=1S/C21H20Cl2N2O5/c22-15-2-1-3-16(23)20(15)28-11-19(26)25-8-6-13(7-9-25)21(27)24-14-4-5-17-18(10-14)30-12-29-17/h1-5,10,13H,6-9,11-12H2,(H,24,27). The van der Waals surface area contributed by atoms with E-state index in [9.17, 15) is 9.59 Å². The van der Waals surface area contributed by atoms with E-state index in [2.05, 4.69) is 5.32 Å². The fraction of sp³-hybridized carbons (Fsp3) is 0.333. The van der Waals surface area contributed by atoms with E-state index in [1.807, 2.05) is 0 Å². The lowest BCUT2D eigenvalue weighted by atomic mass is 9.95. The molecule has 2 heterocycles. The number of hydrogen-bond donors (Lipinski definition) is 1. The van der Waals surface area contributed by atoms with Crippen molar-refractivity contribution in [3.05, 3.63) is 46.4 Å². The molecule has 2 aromatic carbocycles. The summed E-state index contributed by atoms with van der Waals surface area (Å²) in [6.45, 7) is 0.998. The van der Waals surface area contributed by atoms with Gasteiger partial charge >= 0.3 is 0 Å². The first-order chi connectivity index (χ1) is 14.5. The minimum atomic E-state index is -0.168. The molecule has 9 heteroatoms. The largest absolute Gasteiger partial charge is 0.481 e. The Morgan fingerprint density at radius 2 is 1.77 bits per heavy atom. The Labute approximate surface area is 183 Å². The molecule has 30 heavy (non-hydrogen) atoms. The predicted molar refractivity (Wildman–Crippen MR) is 112 cm³/mol. The maximum atomic E-state index is 12.6. The summed E-state index contributed by atoms with van der Waals surface area (Å²) in [5.41, 5.74) is 0.660. The molecule has 0 radical (unpaired) electrons. The third-order valence-electron chi connectivity index (χ3n) is 5.12. The highest BCUT2D eigenvalue weighted by molar-refractivity contribution is 6.37. The summed E-state index contributed by atoms with van der Waals surface area (Å²) in [5, 5.41) is 3.62. The summed E-state index contributed by atoms with van der Waals surface area (Å²) in [6, 6.07) is 10.3. The van der Waals surface area contributed by atoms with Gasteiger partial charge in [0.1, 0.15) is 0 Å². The Kier molecular flexibility index (Phi) is 6.20. The van der Waals surface area contributed by atoms with Gasteiger partial charge in [-0.05, 0) is 37.1 Å². The van der Waals surface area contributed by atoms with Crippen molar-refractivity contribution in [3.63, 3.8) is 0 Å². The van der Waals surface area contributed by atoms with Crippen molar-refractivity contribution in [2.75, 3.05) is 31.8 Å². The topological polar surface area (TPSA) is 77.1 Å². The lowest BCUT2D eigenvalue weighted by molar-refractivity contribution is -0.136. The number of carbonyl (C=O) groups is 2. The first-order valence-corrected chi connectivity index (χ1v) is 10.3. The van der Waals surface area contributed by atoms with E-state index in [4.69, 9.17) is 37.4 Å². The van der Waals surface area contributed by atoms with E-state index in [-0.39, 0.29) is 31.1 Å². The van der Waals surface area contributed by atoms with Crippen LogP contribution in [0.2, 0.25) is 10.0 Å². The van der Waals surface area contributed by atoms with Gasteiger partial charge in [-0.3, -0.25) is 9.59 Å². The van der Waals surface area contributed by atoms with Gasteiger partial charge in [0.25, 0.3) is 5.91 Å². The van der Waals surface area contributed by atoms with E-state index in [1.54, 1.807) is 41.3 Å². The fourth-order valence-electron chi connectivity index (χ4n) is 3.46. The number of benzene rings is 2. The number of amides is 2. The van der Waals surface area contributed by atoms with Crippen molar-refractivity contribution >= 4 is 40.7 Å².